The Kier molecular flexibility index (Phi) is 3.99. The predicted octanol–water partition coefficient (Wildman–Crippen LogP) is -2.20. The van der Waals surface area contributed by atoms with Gasteiger partial charge in [0.25, 0.3) is 5.56 Å². The molecule has 24 heavy (non-hydrogen) atoms. The summed E-state index contributed by atoms with van der Waals surface area (Å²) in [6.45, 7) is 0. The average Bonchev–Trinajstić information content (AvgIpc) is 3.03. The number of imidazole rings is 1. The number of nitrogens with one attached hydrogen (secondary N) is 1. The minimum absolute atomic E-state index is 0.0299. The Morgan fingerprint density at radius 2 is 2.17 bits per heavy atom. The first-order valence-electron chi connectivity index (χ1n) is 7.23. The van der Waals surface area contributed by atoms with Gasteiger partial charge in [-0.05, 0) is 0 Å². The number of carbonyl (C=O) groups excluding carboxylic acids is 1. The highest BCUT2D eigenvalue weighted by Gasteiger charge is 2.45. The highest BCUT2D eigenvalue weighted by atomic mass is 16.6. The first-order valence-corrected chi connectivity index (χ1v) is 7.23. The molecule has 1 saturated heterocycles. The minimum atomic E-state index is -1.32. The normalized spacial score (nSPS) is 26.8. The zero-order chi connectivity index (χ0) is 17.6. The Balaban J connectivity index is 1.93. The van der Waals surface area contributed by atoms with Crippen LogP contribution in [0.1, 0.15) is 12.6 Å². The van der Waals surface area contributed by atoms with Crippen molar-refractivity contribution in [3.63, 3.8) is 0 Å². The van der Waals surface area contributed by atoms with E-state index in [1.54, 1.807) is 14.1 Å². The summed E-state index contributed by atoms with van der Waals surface area (Å²) in [7, 11) is 3.17. The molecule has 0 radical (unpaired) electrons. The number of fused-ring (bicyclic) bond motifs is 1. The number of ether oxygens (including phenoxy) is 1. The van der Waals surface area contributed by atoms with Crippen molar-refractivity contribution in [3.8, 4) is 0 Å². The first kappa shape index (κ1) is 16.4. The highest BCUT2D eigenvalue weighted by molar-refractivity contribution is 5.76. The van der Waals surface area contributed by atoms with E-state index in [4.69, 9.17) is 10.5 Å². The van der Waals surface area contributed by atoms with E-state index < -0.39 is 30.1 Å². The summed E-state index contributed by atoms with van der Waals surface area (Å²) in [5.41, 5.74) is 5.15. The van der Waals surface area contributed by atoms with Crippen molar-refractivity contribution in [2.45, 2.75) is 31.0 Å². The van der Waals surface area contributed by atoms with Crippen molar-refractivity contribution in [2.24, 2.45) is 0 Å². The van der Waals surface area contributed by atoms with E-state index in [2.05, 4.69) is 15.0 Å². The average molecular weight is 338 g/mol. The lowest BCUT2D eigenvalue weighted by molar-refractivity contribution is -0.133. The number of aliphatic hydroxyl groups excluding tert-OH is 2. The molecule has 0 saturated carbocycles. The SMILES string of the molecule is CN(C)C(=O)C[C@H]1O[C@@H](n2cnc3c(=O)[nH]c(N)nc32)[C@H](O)[C@@H]1O. The van der Waals surface area contributed by atoms with Gasteiger partial charge in [0.05, 0.1) is 18.9 Å². The molecule has 11 heteroatoms. The molecule has 130 valence electrons. The molecular formula is C13H18N6O5. The van der Waals surface area contributed by atoms with Crippen molar-refractivity contribution >= 4 is 23.0 Å². The number of aromatic amines is 1. The maximum Gasteiger partial charge on any atom is 0.280 e. The number of aliphatic hydroxyl groups is 2. The number of nitrogens with two attached hydrogens (primary N) is 1. The Morgan fingerprint density at radius 3 is 2.83 bits per heavy atom. The van der Waals surface area contributed by atoms with Crippen molar-refractivity contribution in [2.75, 3.05) is 19.8 Å². The molecule has 4 atom stereocenters. The van der Waals surface area contributed by atoms with E-state index in [0.717, 1.165) is 0 Å². The summed E-state index contributed by atoms with van der Waals surface area (Å²) in [5.74, 6) is -0.358. The van der Waals surface area contributed by atoms with Gasteiger partial charge in [-0.3, -0.25) is 19.1 Å². The van der Waals surface area contributed by atoms with Crippen molar-refractivity contribution < 1.29 is 19.7 Å². The zero-order valence-corrected chi connectivity index (χ0v) is 13.1. The third-order valence-corrected chi connectivity index (χ3v) is 3.94. The summed E-state index contributed by atoms with van der Waals surface area (Å²) in [6, 6.07) is 0. The molecule has 5 N–H and O–H groups in total. The quantitative estimate of drug-likeness (QED) is 0.490. The topological polar surface area (TPSA) is 160 Å². The Labute approximate surface area is 135 Å². The van der Waals surface area contributed by atoms with Crippen LogP contribution in [0.3, 0.4) is 0 Å². The van der Waals surface area contributed by atoms with E-state index in [1.165, 1.54) is 15.8 Å². The van der Waals surface area contributed by atoms with Gasteiger partial charge in [0, 0.05) is 14.1 Å². The molecule has 0 bridgehead atoms. The monoisotopic (exact) mass is 338 g/mol. The van der Waals surface area contributed by atoms with Gasteiger partial charge in [-0.1, -0.05) is 0 Å². The van der Waals surface area contributed by atoms with Gasteiger partial charge >= 0.3 is 0 Å². The second-order valence-corrected chi connectivity index (χ2v) is 5.81. The number of hydrogen-bond donors (Lipinski definition) is 4. The van der Waals surface area contributed by atoms with Gasteiger partial charge in [0.1, 0.15) is 12.2 Å². The Morgan fingerprint density at radius 1 is 1.46 bits per heavy atom. The van der Waals surface area contributed by atoms with E-state index in [0.29, 0.717) is 0 Å². The van der Waals surface area contributed by atoms with E-state index in [-0.39, 0.29) is 29.4 Å². The van der Waals surface area contributed by atoms with E-state index in [1.807, 2.05) is 0 Å². The number of H-pyrrole nitrogens is 1. The summed E-state index contributed by atoms with van der Waals surface area (Å²) < 4.78 is 6.94. The second kappa shape index (κ2) is 5.85. The Hall–Kier alpha value is -2.50. The third-order valence-electron chi connectivity index (χ3n) is 3.94. The maximum atomic E-state index is 11.8. The molecule has 0 aliphatic carbocycles. The summed E-state index contributed by atoms with van der Waals surface area (Å²) >= 11 is 0. The van der Waals surface area contributed by atoms with Crippen molar-refractivity contribution in [1.29, 1.82) is 0 Å². The van der Waals surface area contributed by atoms with Crippen molar-refractivity contribution in [3.05, 3.63) is 16.7 Å². The van der Waals surface area contributed by atoms with Crippen LogP contribution in [0.2, 0.25) is 0 Å². The standard InChI is InChI=1S/C13H18N6O5/c1-18(2)6(20)3-5-8(21)9(22)12(24-5)19-4-15-7-10(19)16-13(14)17-11(7)23/h4-5,8-9,12,21-22H,3H2,1-2H3,(H3,14,16,17,23)/t5-,8-,9-,12-/m1/s1. The number of anilines is 1. The number of amides is 1. The van der Waals surface area contributed by atoms with Gasteiger partial charge in [-0.25, -0.2) is 4.98 Å². The molecule has 0 spiro atoms. The number of aromatic nitrogens is 4. The Bertz CT molecular complexity index is 830. The van der Waals surface area contributed by atoms with Crippen LogP contribution >= 0.6 is 0 Å². The van der Waals surface area contributed by atoms with Crippen LogP contribution < -0.4 is 11.3 Å². The molecule has 11 nitrogen and oxygen atoms in total. The first-order chi connectivity index (χ1) is 11.3. The second-order valence-electron chi connectivity index (χ2n) is 5.81. The molecule has 0 unspecified atom stereocenters. The molecule has 1 amide bonds. The molecule has 1 aliphatic heterocycles. The molecule has 1 fully saturated rings. The fourth-order valence-corrected chi connectivity index (χ4v) is 2.61. The predicted molar refractivity (Wildman–Crippen MR) is 81.8 cm³/mol. The summed E-state index contributed by atoms with van der Waals surface area (Å²) in [5, 5.41) is 20.4. The lowest BCUT2D eigenvalue weighted by atomic mass is 10.1. The smallest absolute Gasteiger partial charge is 0.280 e. The molecule has 3 rings (SSSR count). The van der Waals surface area contributed by atoms with Crippen LogP contribution in [0.4, 0.5) is 5.95 Å². The zero-order valence-electron chi connectivity index (χ0n) is 13.1. The van der Waals surface area contributed by atoms with Crippen LogP contribution in [0.25, 0.3) is 11.2 Å². The number of nitrogen functional groups attached to an aromatic ring is 1. The highest BCUT2D eigenvalue weighted by Crippen LogP contribution is 2.32. The van der Waals surface area contributed by atoms with Crippen LogP contribution in [-0.2, 0) is 9.53 Å². The van der Waals surface area contributed by atoms with Gasteiger partial charge < -0.3 is 25.6 Å². The molecule has 3 heterocycles. The summed E-state index contributed by atoms with van der Waals surface area (Å²) in [4.78, 5) is 35.2. The third kappa shape index (κ3) is 2.62. The van der Waals surface area contributed by atoms with Gasteiger partial charge in [-0.2, -0.15) is 4.98 Å². The maximum absolute atomic E-state index is 11.8. The fourth-order valence-electron chi connectivity index (χ4n) is 2.61. The lowest BCUT2D eigenvalue weighted by Gasteiger charge is -2.17. The van der Waals surface area contributed by atoms with Gasteiger partial charge in [0.15, 0.2) is 17.4 Å². The van der Waals surface area contributed by atoms with Crippen LogP contribution in [0, 0.1) is 0 Å². The van der Waals surface area contributed by atoms with Crippen LogP contribution in [0.15, 0.2) is 11.1 Å². The molecule has 2 aromatic rings. The van der Waals surface area contributed by atoms with Crippen LogP contribution in [-0.4, -0.2) is 72.9 Å². The number of rotatable bonds is 3. The number of carbonyl (C=O) groups is 1. The van der Waals surface area contributed by atoms with Gasteiger partial charge in [0.2, 0.25) is 11.9 Å². The summed E-state index contributed by atoms with van der Waals surface area (Å²) in [6.07, 6.45) is -3.34. The largest absolute Gasteiger partial charge is 0.388 e. The van der Waals surface area contributed by atoms with Crippen molar-refractivity contribution in [1.82, 2.24) is 24.4 Å². The number of hydrogen-bond acceptors (Lipinski definition) is 8. The molecule has 2 aromatic heterocycles. The van der Waals surface area contributed by atoms with Gasteiger partial charge in [-0.15, -0.1) is 0 Å². The van der Waals surface area contributed by atoms with E-state index >= 15 is 0 Å². The van der Waals surface area contributed by atoms with Crippen LogP contribution in [0.5, 0.6) is 0 Å². The molecule has 1 aliphatic rings. The minimum Gasteiger partial charge on any atom is -0.388 e. The molecule has 0 aromatic carbocycles. The number of nitrogens with zero attached hydrogens (tertiary/aromatic N) is 4. The van der Waals surface area contributed by atoms with E-state index in [9.17, 15) is 19.8 Å². The fraction of sp³-hybridized carbons (Fsp3) is 0.538. The lowest BCUT2D eigenvalue weighted by Crippen LogP contribution is -2.35. The molecular weight excluding hydrogens is 320 g/mol.